The molecule has 5 rings (SSSR count). The molecule has 1 aliphatic heterocycles. The number of hydrogen-bond donors (Lipinski definition) is 2. The largest absolute Gasteiger partial charge is 0.507 e. The molecule has 1 aliphatic rings. The fourth-order valence-corrected chi connectivity index (χ4v) is 4.85. The molecule has 176 valence electrons. The Hall–Kier alpha value is -3.84. The Morgan fingerprint density at radius 2 is 1.74 bits per heavy atom. The first-order chi connectivity index (χ1) is 17.0. The summed E-state index contributed by atoms with van der Waals surface area (Å²) in [4.78, 5) is 31.3. The summed E-state index contributed by atoms with van der Waals surface area (Å²) < 4.78 is 6.12. The average molecular weight is 531 g/mol. The number of fused-ring (bicyclic) bond motifs is 1. The van der Waals surface area contributed by atoms with Crippen LogP contribution in [0.5, 0.6) is 5.75 Å². The van der Waals surface area contributed by atoms with E-state index in [1.165, 1.54) is 0 Å². The number of Topliss-reactive ketones (excluding diaryl/α,β-unsaturated/α-hetero) is 1. The Labute approximate surface area is 211 Å². The van der Waals surface area contributed by atoms with Gasteiger partial charge in [0.25, 0.3) is 11.7 Å². The lowest BCUT2D eigenvalue weighted by molar-refractivity contribution is -0.139. The zero-order valence-electron chi connectivity index (χ0n) is 19.0. The SMILES string of the molecule is COc1ccc(C2/C(=C(\O)c3ccc(Br)cc3)C(=O)C(=O)N2CCc2c[nH]c3ccccc23)cc1. The molecule has 1 unspecified atom stereocenters. The van der Waals surface area contributed by atoms with Crippen LogP contribution in [-0.4, -0.2) is 40.3 Å². The number of rotatable bonds is 6. The molecule has 7 heteroatoms. The highest BCUT2D eigenvalue weighted by Gasteiger charge is 2.45. The Balaban J connectivity index is 1.56. The number of ketones is 1. The van der Waals surface area contributed by atoms with Crippen molar-refractivity contribution in [2.24, 2.45) is 0 Å². The Kier molecular flexibility index (Phi) is 6.17. The van der Waals surface area contributed by atoms with E-state index < -0.39 is 17.7 Å². The van der Waals surface area contributed by atoms with Gasteiger partial charge >= 0.3 is 0 Å². The van der Waals surface area contributed by atoms with Crippen LogP contribution in [0.15, 0.2) is 89.0 Å². The number of H-pyrrole nitrogens is 1. The summed E-state index contributed by atoms with van der Waals surface area (Å²) in [5, 5.41) is 12.3. The van der Waals surface area contributed by atoms with E-state index in [9.17, 15) is 14.7 Å². The van der Waals surface area contributed by atoms with Gasteiger partial charge in [-0.15, -0.1) is 0 Å². The summed E-state index contributed by atoms with van der Waals surface area (Å²) in [6.45, 7) is 0.320. The van der Waals surface area contributed by atoms with E-state index in [0.29, 0.717) is 24.3 Å². The van der Waals surface area contributed by atoms with Crippen molar-refractivity contribution >= 4 is 44.3 Å². The molecule has 3 aromatic carbocycles. The van der Waals surface area contributed by atoms with E-state index in [1.54, 1.807) is 48.4 Å². The van der Waals surface area contributed by atoms with Crippen molar-refractivity contribution in [3.63, 3.8) is 0 Å². The summed E-state index contributed by atoms with van der Waals surface area (Å²) in [5.74, 6) is -0.835. The number of aliphatic hydroxyl groups excluding tert-OH is 1. The van der Waals surface area contributed by atoms with Crippen molar-refractivity contribution in [3.8, 4) is 5.75 Å². The number of nitrogens with zero attached hydrogens (tertiary/aromatic N) is 1. The van der Waals surface area contributed by atoms with E-state index in [2.05, 4.69) is 20.9 Å². The minimum atomic E-state index is -0.713. The van der Waals surface area contributed by atoms with Crippen molar-refractivity contribution in [3.05, 3.63) is 106 Å². The van der Waals surface area contributed by atoms with Crippen LogP contribution in [0.3, 0.4) is 0 Å². The molecule has 1 saturated heterocycles. The maximum atomic E-state index is 13.2. The molecule has 0 radical (unpaired) electrons. The van der Waals surface area contributed by atoms with Gasteiger partial charge in [0.2, 0.25) is 0 Å². The van der Waals surface area contributed by atoms with Gasteiger partial charge in [-0.1, -0.05) is 58.4 Å². The minimum Gasteiger partial charge on any atom is -0.507 e. The average Bonchev–Trinajstić information content (AvgIpc) is 3.41. The third kappa shape index (κ3) is 4.23. The van der Waals surface area contributed by atoms with Crippen LogP contribution < -0.4 is 4.74 Å². The minimum absolute atomic E-state index is 0.0846. The topological polar surface area (TPSA) is 82.6 Å². The maximum absolute atomic E-state index is 13.2. The van der Waals surface area contributed by atoms with Gasteiger partial charge in [0.15, 0.2) is 0 Å². The van der Waals surface area contributed by atoms with E-state index in [1.807, 2.05) is 42.6 Å². The highest BCUT2D eigenvalue weighted by molar-refractivity contribution is 9.10. The standard InChI is InChI=1S/C28H23BrN2O4/c1-35-21-12-8-17(9-13-21)25-24(26(32)18-6-10-20(29)11-7-18)27(33)28(34)31(25)15-14-19-16-30-23-5-3-2-4-22(19)23/h2-13,16,25,30,32H,14-15H2,1H3/b26-24+. The third-order valence-corrected chi connectivity index (χ3v) is 6.91. The Morgan fingerprint density at radius 3 is 2.46 bits per heavy atom. The quantitative estimate of drug-likeness (QED) is 0.193. The van der Waals surface area contributed by atoms with Crippen LogP contribution in [-0.2, 0) is 16.0 Å². The molecule has 2 heterocycles. The summed E-state index contributed by atoms with van der Waals surface area (Å²) >= 11 is 3.39. The zero-order valence-corrected chi connectivity index (χ0v) is 20.6. The number of methoxy groups -OCH3 is 1. The Bertz CT molecular complexity index is 1440. The highest BCUT2D eigenvalue weighted by Crippen LogP contribution is 2.40. The van der Waals surface area contributed by atoms with E-state index in [0.717, 1.165) is 26.5 Å². The second kappa shape index (κ2) is 9.43. The number of aromatic nitrogens is 1. The smallest absolute Gasteiger partial charge is 0.295 e. The number of ether oxygens (including phenoxy) is 1. The van der Waals surface area contributed by atoms with Gasteiger partial charge in [-0.2, -0.15) is 0 Å². The van der Waals surface area contributed by atoms with Crippen LogP contribution in [0.25, 0.3) is 16.7 Å². The molecule has 0 bridgehead atoms. The number of halogens is 1. The van der Waals surface area contributed by atoms with Crippen LogP contribution in [0.2, 0.25) is 0 Å². The number of likely N-dealkylation sites (tertiary alicyclic amines) is 1. The highest BCUT2D eigenvalue weighted by atomic mass is 79.9. The molecule has 1 atom stereocenters. The maximum Gasteiger partial charge on any atom is 0.295 e. The number of benzene rings is 3. The first-order valence-electron chi connectivity index (χ1n) is 11.2. The molecule has 0 aliphatic carbocycles. The molecule has 6 nitrogen and oxygen atoms in total. The van der Waals surface area contributed by atoms with Crippen LogP contribution in [0.1, 0.15) is 22.7 Å². The number of nitrogens with one attached hydrogen (secondary N) is 1. The number of carbonyl (C=O) groups excluding carboxylic acids is 2. The van der Waals surface area contributed by atoms with Gasteiger partial charge < -0.3 is 19.7 Å². The van der Waals surface area contributed by atoms with Crippen molar-refractivity contribution in [2.45, 2.75) is 12.5 Å². The number of aliphatic hydroxyl groups is 1. The predicted molar refractivity (Wildman–Crippen MR) is 138 cm³/mol. The fraction of sp³-hybridized carbons (Fsp3) is 0.143. The molecular formula is C28H23BrN2O4. The first kappa shape index (κ1) is 22.9. The number of carbonyl (C=O) groups is 2. The molecular weight excluding hydrogens is 508 g/mol. The fourth-order valence-electron chi connectivity index (χ4n) is 4.59. The van der Waals surface area contributed by atoms with Gasteiger partial charge in [-0.05, 0) is 47.9 Å². The van der Waals surface area contributed by atoms with Gasteiger partial charge in [0.1, 0.15) is 11.5 Å². The molecule has 2 N–H and O–H groups in total. The van der Waals surface area contributed by atoms with Gasteiger partial charge in [0, 0.05) is 33.7 Å². The second-order valence-electron chi connectivity index (χ2n) is 8.38. The van der Waals surface area contributed by atoms with Crippen LogP contribution in [0.4, 0.5) is 0 Å². The number of para-hydroxylation sites is 1. The van der Waals surface area contributed by atoms with Crippen LogP contribution >= 0.6 is 15.9 Å². The van der Waals surface area contributed by atoms with Crippen LogP contribution in [0, 0.1) is 0 Å². The molecule has 1 amide bonds. The predicted octanol–water partition coefficient (Wildman–Crippen LogP) is 5.60. The lowest BCUT2D eigenvalue weighted by Gasteiger charge is -2.25. The molecule has 1 aromatic heterocycles. The summed E-state index contributed by atoms with van der Waals surface area (Å²) in [6.07, 6.45) is 2.49. The van der Waals surface area contributed by atoms with E-state index in [4.69, 9.17) is 4.74 Å². The van der Waals surface area contributed by atoms with E-state index >= 15 is 0 Å². The lowest BCUT2D eigenvalue weighted by atomic mass is 9.95. The summed E-state index contributed by atoms with van der Waals surface area (Å²) in [6, 6.07) is 21.5. The monoisotopic (exact) mass is 530 g/mol. The lowest BCUT2D eigenvalue weighted by Crippen LogP contribution is -2.31. The van der Waals surface area contributed by atoms with Gasteiger partial charge in [-0.3, -0.25) is 9.59 Å². The number of amides is 1. The molecule has 1 fully saturated rings. The number of aromatic amines is 1. The zero-order chi connectivity index (χ0) is 24.5. The first-order valence-corrected chi connectivity index (χ1v) is 12.0. The van der Waals surface area contributed by atoms with Gasteiger partial charge in [-0.25, -0.2) is 0 Å². The summed E-state index contributed by atoms with van der Waals surface area (Å²) in [5.41, 5.74) is 3.36. The third-order valence-electron chi connectivity index (χ3n) is 6.39. The number of hydrogen-bond acceptors (Lipinski definition) is 4. The molecule has 4 aromatic rings. The molecule has 0 spiro atoms. The summed E-state index contributed by atoms with van der Waals surface area (Å²) in [7, 11) is 1.58. The second-order valence-corrected chi connectivity index (χ2v) is 9.30. The molecule has 0 saturated carbocycles. The molecule has 35 heavy (non-hydrogen) atoms. The van der Waals surface area contributed by atoms with Crippen molar-refractivity contribution < 1.29 is 19.4 Å². The van der Waals surface area contributed by atoms with Crippen molar-refractivity contribution in [2.75, 3.05) is 13.7 Å². The Morgan fingerprint density at radius 1 is 1.03 bits per heavy atom. The normalized spacial score (nSPS) is 17.3. The van der Waals surface area contributed by atoms with E-state index in [-0.39, 0.29) is 11.3 Å². The van der Waals surface area contributed by atoms with Crippen molar-refractivity contribution in [1.29, 1.82) is 0 Å². The van der Waals surface area contributed by atoms with Crippen molar-refractivity contribution in [1.82, 2.24) is 9.88 Å². The van der Waals surface area contributed by atoms with Gasteiger partial charge in [0.05, 0.1) is 18.7 Å².